The fourth-order valence-corrected chi connectivity index (χ4v) is 3.99. The van der Waals surface area contributed by atoms with Crippen LogP contribution in [-0.4, -0.2) is 44.6 Å². The van der Waals surface area contributed by atoms with Gasteiger partial charge >= 0.3 is 11.9 Å². The van der Waals surface area contributed by atoms with Crippen molar-refractivity contribution in [1.29, 1.82) is 0 Å². The van der Waals surface area contributed by atoms with Crippen LogP contribution in [0.25, 0.3) is 0 Å². The third kappa shape index (κ3) is 33.0. The second kappa shape index (κ2) is 28.1. The maximum atomic E-state index is 10.4. The van der Waals surface area contributed by atoms with E-state index >= 15 is 0 Å². The Morgan fingerprint density at radius 2 is 0.706 bits per heavy atom. The van der Waals surface area contributed by atoms with Crippen molar-refractivity contribution in [3.63, 3.8) is 0 Å². The standard InChI is InChI=1S/C18H36O3.C10H20O3/c1-2-3-4-5-6-7-8-9-10-11-12-13-14-15-17(19)16-18(20)21;1-2-3-4-5-6-7-9(11)8-10(12)13/h17,19H,2-16H2,1H3,(H,20,21);9,11H,2-8H2,1H3,(H,12,13). The van der Waals surface area contributed by atoms with Crippen molar-refractivity contribution in [2.75, 3.05) is 0 Å². The molecule has 6 nitrogen and oxygen atoms in total. The van der Waals surface area contributed by atoms with Crippen LogP contribution < -0.4 is 0 Å². The van der Waals surface area contributed by atoms with Gasteiger partial charge in [0.25, 0.3) is 0 Å². The smallest absolute Gasteiger partial charge is 0.305 e. The predicted molar refractivity (Wildman–Crippen MR) is 140 cm³/mol. The third-order valence-corrected chi connectivity index (χ3v) is 6.10. The first-order chi connectivity index (χ1) is 16.3. The molecule has 2 atom stereocenters. The SMILES string of the molecule is CCCCCCCC(O)CC(=O)O.CCCCCCCCCCCCCCCC(O)CC(=O)O. The van der Waals surface area contributed by atoms with Gasteiger partial charge in [-0.3, -0.25) is 9.59 Å². The third-order valence-electron chi connectivity index (χ3n) is 6.10. The van der Waals surface area contributed by atoms with E-state index in [0.717, 1.165) is 25.7 Å². The highest BCUT2D eigenvalue weighted by Gasteiger charge is 2.09. The predicted octanol–water partition coefficient (Wildman–Crippen LogP) is 7.49. The number of carboxylic acid groups (broad SMARTS) is 2. The quantitative estimate of drug-likeness (QED) is 0.105. The number of aliphatic hydroxyl groups is 2. The van der Waals surface area contributed by atoms with Crippen molar-refractivity contribution < 1.29 is 30.0 Å². The van der Waals surface area contributed by atoms with E-state index in [1.165, 1.54) is 89.9 Å². The van der Waals surface area contributed by atoms with Gasteiger partial charge in [-0.2, -0.15) is 0 Å². The van der Waals surface area contributed by atoms with Crippen LogP contribution in [-0.2, 0) is 9.59 Å². The highest BCUT2D eigenvalue weighted by Crippen LogP contribution is 2.14. The van der Waals surface area contributed by atoms with Gasteiger partial charge in [0.1, 0.15) is 0 Å². The summed E-state index contributed by atoms with van der Waals surface area (Å²) in [6.45, 7) is 4.41. The van der Waals surface area contributed by atoms with Crippen LogP contribution in [0.4, 0.5) is 0 Å². The molecule has 0 rings (SSSR count). The molecule has 34 heavy (non-hydrogen) atoms. The Morgan fingerprint density at radius 3 is 0.941 bits per heavy atom. The van der Waals surface area contributed by atoms with Crippen LogP contribution in [0.3, 0.4) is 0 Å². The Kier molecular flexibility index (Phi) is 28.9. The molecule has 0 spiro atoms. The summed E-state index contributed by atoms with van der Waals surface area (Å²) >= 11 is 0. The van der Waals surface area contributed by atoms with Gasteiger partial charge < -0.3 is 20.4 Å². The number of hydrogen-bond donors (Lipinski definition) is 4. The Morgan fingerprint density at radius 1 is 0.471 bits per heavy atom. The van der Waals surface area contributed by atoms with Gasteiger partial charge in [0.15, 0.2) is 0 Å². The van der Waals surface area contributed by atoms with E-state index in [-0.39, 0.29) is 12.8 Å². The van der Waals surface area contributed by atoms with Crippen LogP contribution in [0.1, 0.15) is 155 Å². The summed E-state index contributed by atoms with van der Waals surface area (Å²) in [6.07, 6.45) is 22.3. The maximum Gasteiger partial charge on any atom is 0.305 e. The van der Waals surface area contributed by atoms with Crippen molar-refractivity contribution in [3.05, 3.63) is 0 Å². The number of rotatable bonds is 24. The molecule has 6 heteroatoms. The molecule has 0 aromatic carbocycles. The molecular formula is C28H56O6. The molecular weight excluding hydrogens is 432 g/mol. The molecule has 0 aromatic rings. The van der Waals surface area contributed by atoms with Crippen molar-refractivity contribution in [1.82, 2.24) is 0 Å². The number of carboxylic acids is 2. The molecule has 0 aliphatic heterocycles. The van der Waals surface area contributed by atoms with Crippen molar-refractivity contribution >= 4 is 11.9 Å². The zero-order valence-corrected chi connectivity index (χ0v) is 22.3. The molecule has 4 N–H and O–H groups in total. The van der Waals surface area contributed by atoms with E-state index in [4.69, 9.17) is 10.2 Å². The highest BCUT2D eigenvalue weighted by molar-refractivity contribution is 5.67. The Balaban J connectivity index is 0. The fourth-order valence-electron chi connectivity index (χ4n) is 3.99. The summed E-state index contributed by atoms with van der Waals surface area (Å²) in [7, 11) is 0. The van der Waals surface area contributed by atoms with Gasteiger partial charge in [-0.05, 0) is 12.8 Å². The van der Waals surface area contributed by atoms with Gasteiger partial charge in [-0.15, -0.1) is 0 Å². The largest absolute Gasteiger partial charge is 0.481 e. The lowest BCUT2D eigenvalue weighted by atomic mass is 10.0. The second-order valence-corrected chi connectivity index (χ2v) is 9.74. The number of aliphatic hydroxyl groups excluding tert-OH is 2. The number of carbonyl (C=O) groups is 2. The topological polar surface area (TPSA) is 115 Å². The summed E-state index contributed by atoms with van der Waals surface area (Å²) in [6, 6.07) is 0. The molecule has 0 amide bonds. The minimum atomic E-state index is -0.916. The van der Waals surface area contributed by atoms with Crippen molar-refractivity contribution in [3.8, 4) is 0 Å². The summed E-state index contributed by atoms with van der Waals surface area (Å²) in [5.74, 6) is -1.82. The van der Waals surface area contributed by atoms with Gasteiger partial charge in [0, 0.05) is 0 Å². The lowest BCUT2D eigenvalue weighted by Gasteiger charge is -2.07. The van der Waals surface area contributed by atoms with Gasteiger partial charge in [-0.25, -0.2) is 0 Å². The van der Waals surface area contributed by atoms with Crippen LogP contribution in [0.5, 0.6) is 0 Å². The normalized spacial score (nSPS) is 12.6. The van der Waals surface area contributed by atoms with Gasteiger partial charge in [0.05, 0.1) is 25.0 Å². The highest BCUT2D eigenvalue weighted by atomic mass is 16.4. The minimum Gasteiger partial charge on any atom is -0.481 e. The molecule has 0 fully saturated rings. The van der Waals surface area contributed by atoms with E-state index in [0.29, 0.717) is 12.8 Å². The van der Waals surface area contributed by atoms with E-state index < -0.39 is 24.1 Å². The lowest BCUT2D eigenvalue weighted by molar-refractivity contribution is -0.140. The minimum absolute atomic E-state index is 0.113. The van der Waals surface area contributed by atoms with Crippen LogP contribution in [0, 0.1) is 0 Å². The van der Waals surface area contributed by atoms with Crippen LogP contribution in [0.2, 0.25) is 0 Å². The van der Waals surface area contributed by atoms with E-state index in [1.54, 1.807) is 0 Å². The van der Waals surface area contributed by atoms with Crippen molar-refractivity contribution in [2.45, 2.75) is 167 Å². The number of aliphatic carboxylic acids is 2. The second-order valence-electron chi connectivity index (χ2n) is 9.74. The fraction of sp³-hybridized carbons (Fsp3) is 0.929. The number of unbranched alkanes of at least 4 members (excludes halogenated alkanes) is 16. The van der Waals surface area contributed by atoms with E-state index in [2.05, 4.69) is 13.8 Å². The molecule has 0 heterocycles. The molecule has 0 saturated carbocycles. The summed E-state index contributed by atoms with van der Waals surface area (Å²) in [5.41, 5.74) is 0. The Bertz CT molecular complexity index is 441. The molecule has 0 radical (unpaired) electrons. The molecule has 0 bridgehead atoms. The summed E-state index contributed by atoms with van der Waals surface area (Å²) < 4.78 is 0. The lowest BCUT2D eigenvalue weighted by Crippen LogP contribution is -2.12. The molecule has 0 aliphatic carbocycles. The first-order valence-corrected chi connectivity index (χ1v) is 14.1. The number of hydrogen-bond acceptors (Lipinski definition) is 4. The van der Waals surface area contributed by atoms with Gasteiger partial charge in [0.2, 0.25) is 0 Å². The van der Waals surface area contributed by atoms with Crippen molar-refractivity contribution in [2.24, 2.45) is 0 Å². The first kappa shape index (κ1) is 35.0. The zero-order valence-electron chi connectivity index (χ0n) is 22.3. The first-order valence-electron chi connectivity index (χ1n) is 14.1. The average molecular weight is 489 g/mol. The average Bonchev–Trinajstić information content (AvgIpc) is 2.76. The van der Waals surface area contributed by atoms with E-state index in [1.807, 2.05) is 0 Å². The van der Waals surface area contributed by atoms with Crippen LogP contribution in [0.15, 0.2) is 0 Å². The Hall–Kier alpha value is -1.14. The molecule has 0 aliphatic rings. The molecule has 0 aromatic heterocycles. The van der Waals surface area contributed by atoms with E-state index in [9.17, 15) is 19.8 Å². The van der Waals surface area contributed by atoms with Crippen LogP contribution >= 0.6 is 0 Å². The zero-order chi connectivity index (χ0) is 25.9. The summed E-state index contributed by atoms with van der Waals surface area (Å²) in [5, 5.41) is 35.5. The Labute approximate surface area is 209 Å². The monoisotopic (exact) mass is 488 g/mol. The summed E-state index contributed by atoms with van der Waals surface area (Å²) in [4.78, 5) is 20.6. The molecule has 0 saturated heterocycles. The molecule has 204 valence electrons. The van der Waals surface area contributed by atoms with Gasteiger partial charge in [-0.1, -0.05) is 129 Å². The molecule has 2 unspecified atom stereocenters. The maximum absolute atomic E-state index is 10.4.